The van der Waals surface area contributed by atoms with Gasteiger partial charge >= 0.3 is 0 Å². The summed E-state index contributed by atoms with van der Waals surface area (Å²) in [6.45, 7) is 3.27. The van der Waals surface area contributed by atoms with Gasteiger partial charge in [-0.15, -0.1) is 0 Å². The van der Waals surface area contributed by atoms with Crippen molar-refractivity contribution in [2.24, 2.45) is 0 Å². The summed E-state index contributed by atoms with van der Waals surface area (Å²) in [5, 5.41) is 14.0. The maximum absolute atomic E-state index is 12.8. The third-order valence-corrected chi connectivity index (χ3v) is 5.59. The first-order chi connectivity index (χ1) is 13.8. The Hall–Kier alpha value is -2.84. The van der Waals surface area contributed by atoms with Gasteiger partial charge in [-0.3, -0.25) is 14.9 Å². The van der Waals surface area contributed by atoms with Crippen molar-refractivity contribution in [3.8, 4) is 11.5 Å². The molecule has 0 aromatic heterocycles. The predicted molar refractivity (Wildman–Crippen MR) is 109 cm³/mol. The van der Waals surface area contributed by atoms with E-state index in [4.69, 9.17) is 21.1 Å². The highest BCUT2D eigenvalue weighted by atomic mass is 35.5. The maximum Gasteiger partial charge on any atom is 0.282 e. The molecule has 0 saturated heterocycles. The minimum Gasteiger partial charge on any atom is -0.493 e. The van der Waals surface area contributed by atoms with E-state index < -0.39 is 4.92 Å². The van der Waals surface area contributed by atoms with Crippen molar-refractivity contribution >= 4 is 28.9 Å². The van der Waals surface area contributed by atoms with Crippen molar-refractivity contribution < 1.29 is 24.1 Å². The van der Waals surface area contributed by atoms with E-state index in [1.807, 2.05) is 19.1 Å². The number of nitrogens with zero attached hydrogens (tertiary/aromatic N) is 1. The number of amides is 1. The number of benzene rings is 2. The number of nitrogens with one attached hydrogen (secondary N) is 2. The monoisotopic (exact) mass is 420 g/mol. The molecule has 0 spiro atoms. The molecule has 154 valence electrons. The number of halogens is 1. The number of nitro groups is 1. The van der Waals surface area contributed by atoms with E-state index in [0.29, 0.717) is 18.0 Å². The lowest BCUT2D eigenvalue weighted by Crippen LogP contribution is -3.16. The molecule has 29 heavy (non-hydrogen) atoms. The Kier molecular flexibility index (Phi) is 6.24. The second-order valence-corrected chi connectivity index (χ2v) is 7.35. The van der Waals surface area contributed by atoms with Crippen LogP contribution in [0.5, 0.6) is 11.5 Å². The fourth-order valence-electron chi connectivity index (χ4n) is 3.51. The van der Waals surface area contributed by atoms with E-state index >= 15 is 0 Å². The van der Waals surface area contributed by atoms with Crippen molar-refractivity contribution in [3.63, 3.8) is 0 Å². The maximum atomic E-state index is 12.8. The van der Waals surface area contributed by atoms with Gasteiger partial charge in [-0.2, -0.15) is 0 Å². The highest BCUT2D eigenvalue weighted by Gasteiger charge is 2.30. The number of carbonyl (C=O) groups excluding carboxylic acids is 1. The fraction of sp³-hybridized carbons (Fsp3) is 0.350. The van der Waals surface area contributed by atoms with Gasteiger partial charge in [-0.1, -0.05) is 11.6 Å². The summed E-state index contributed by atoms with van der Waals surface area (Å²) in [4.78, 5) is 24.3. The molecule has 2 N–H and O–H groups in total. The van der Waals surface area contributed by atoms with E-state index in [0.717, 1.165) is 23.4 Å². The molecule has 0 bridgehead atoms. The van der Waals surface area contributed by atoms with Gasteiger partial charge in [0, 0.05) is 24.1 Å². The Morgan fingerprint density at radius 1 is 1.21 bits per heavy atom. The number of carbonyl (C=O) groups is 1. The molecule has 8 nitrogen and oxygen atoms in total. The third-order valence-electron chi connectivity index (χ3n) is 5.26. The third kappa shape index (κ3) is 4.44. The number of methoxy groups -OCH3 is 2. The smallest absolute Gasteiger partial charge is 0.282 e. The number of non-ortho nitro benzene ring substituents is 1. The molecular formula is C20H23ClN3O5+. The second-order valence-electron chi connectivity index (χ2n) is 6.94. The van der Waals surface area contributed by atoms with Crippen LogP contribution in [0.15, 0.2) is 30.3 Å². The Labute approximate surface area is 173 Å². The van der Waals surface area contributed by atoms with Crippen LogP contribution in [-0.2, 0) is 17.8 Å². The van der Waals surface area contributed by atoms with E-state index in [1.54, 1.807) is 14.2 Å². The summed E-state index contributed by atoms with van der Waals surface area (Å²) in [5.41, 5.74) is 2.40. The molecule has 3 rings (SSSR count). The Balaban J connectivity index is 1.75. The molecule has 2 aromatic carbocycles. The van der Waals surface area contributed by atoms with Gasteiger partial charge in [0.2, 0.25) is 0 Å². The number of rotatable bonds is 6. The van der Waals surface area contributed by atoms with Crippen LogP contribution in [0.3, 0.4) is 0 Å². The summed E-state index contributed by atoms with van der Waals surface area (Å²) in [5.74, 6) is 1.11. The summed E-state index contributed by atoms with van der Waals surface area (Å²) < 4.78 is 10.7. The average molecular weight is 421 g/mol. The van der Waals surface area contributed by atoms with Crippen LogP contribution in [-0.4, -0.2) is 37.6 Å². The van der Waals surface area contributed by atoms with Crippen molar-refractivity contribution in [2.75, 3.05) is 26.1 Å². The minimum absolute atomic E-state index is 0.127. The average Bonchev–Trinajstić information content (AvgIpc) is 2.72. The molecule has 1 amide bonds. The predicted octanol–water partition coefficient (Wildman–Crippen LogP) is 2.23. The molecule has 1 heterocycles. The molecule has 2 aromatic rings. The highest BCUT2D eigenvalue weighted by molar-refractivity contribution is 6.33. The first kappa shape index (κ1) is 20.9. The van der Waals surface area contributed by atoms with Gasteiger partial charge in [-0.25, -0.2) is 0 Å². The van der Waals surface area contributed by atoms with E-state index in [1.165, 1.54) is 23.8 Å². The standard InChI is InChI=1S/C20H22ClN3O5/c1-12(20(25)22-17-10-15(24(26)27)4-5-16(17)21)23-7-6-13-8-18(28-2)19(29-3)9-14(13)11-23/h4-5,8-10,12H,6-7,11H2,1-3H3,(H,22,25)/p+1/t12-/m1/s1. The zero-order valence-electron chi connectivity index (χ0n) is 16.5. The summed E-state index contributed by atoms with van der Waals surface area (Å²) >= 11 is 6.09. The SMILES string of the molecule is COc1cc2c(cc1OC)C[NH+]([C@H](C)C(=O)Nc1cc([N+](=O)[O-])ccc1Cl)CC2. The van der Waals surface area contributed by atoms with E-state index in [-0.39, 0.29) is 28.3 Å². The molecule has 1 unspecified atom stereocenters. The molecule has 0 fully saturated rings. The number of nitro benzene ring substituents is 1. The van der Waals surface area contributed by atoms with Gasteiger partial charge in [0.15, 0.2) is 17.5 Å². The largest absolute Gasteiger partial charge is 0.493 e. The summed E-state index contributed by atoms with van der Waals surface area (Å²) in [7, 11) is 3.20. The molecule has 9 heteroatoms. The number of hydrogen-bond acceptors (Lipinski definition) is 5. The Bertz CT molecular complexity index is 950. The zero-order chi connectivity index (χ0) is 21.1. The molecule has 2 atom stereocenters. The van der Waals surface area contributed by atoms with Gasteiger partial charge in [0.1, 0.15) is 6.54 Å². The number of ether oxygens (including phenoxy) is 2. The highest BCUT2D eigenvalue weighted by Crippen LogP contribution is 2.31. The zero-order valence-corrected chi connectivity index (χ0v) is 17.2. The lowest BCUT2D eigenvalue weighted by atomic mass is 9.97. The fourth-order valence-corrected chi connectivity index (χ4v) is 3.67. The second kappa shape index (κ2) is 8.67. The summed E-state index contributed by atoms with van der Waals surface area (Å²) in [6.07, 6.45) is 0.806. The van der Waals surface area contributed by atoms with Crippen molar-refractivity contribution in [2.45, 2.75) is 25.9 Å². The lowest BCUT2D eigenvalue weighted by molar-refractivity contribution is -0.929. The van der Waals surface area contributed by atoms with Gasteiger partial charge < -0.3 is 19.7 Å². The first-order valence-electron chi connectivity index (χ1n) is 9.17. The van der Waals surface area contributed by atoms with Crippen LogP contribution in [0.4, 0.5) is 11.4 Å². The Morgan fingerprint density at radius 3 is 2.48 bits per heavy atom. The van der Waals surface area contributed by atoms with Crippen LogP contribution in [0.1, 0.15) is 18.1 Å². The van der Waals surface area contributed by atoms with Gasteiger partial charge in [-0.05, 0) is 30.7 Å². The normalized spacial score (nSPS) is 16.5. The van der Waals surface area contributed by atoms with Gasteiger partial charge in [0.05, 0.1) is 36.4 Å². The molecular weight excluding hydrogens is 398 g/mol. The quantitative estimate of drug-likeness (QED) is 0.552. The van der Waals surface area contributed by atoms with Gasteiger partial charge in [0.25, 0.3) is 11.6 Å². The number of hydrogen-bond donors (Lipinski definition) is 2. The van der Waals surface area contributed by atoms with Crippen LogP contribution in [0.2, 0.25) is 5.02 Å². The van der Waals surface area contributed by atoms with E-state index in [9.17, 15) is 14.9 Å². The number of anilines is 1. The Morgan fingerprint density at radius 2 is 1.86 bits per heavy atom. The van der Waals surface area contributed by atoms with Crippen LogP contribution < -0.4 is 19.7 Å². The lowest BCUT2D eigenvalue weighted by Gasteiger charge is -2.30. The molecule has 0 aliphatic carbocycles. The van der Waals surface area contributed by atoms with Crippen LogP contribution in [0.25, 0.3) is 0 Å². The van der Waals surface area contributed by atoms with Crippen molar-refractivity contribution in [1.82, 2.24) is 0 Å². The van der Waals surface area contributed by atoms with E-state index in [2.05, 4.69) is 5.32 Å². The van der Waals surface area contributed by atoms with Crippen molar-refractivity contribution in [3.05, 3.63) is 56.6 Å². The first-order valence-corrected chi connectivity index (χ1v) is 9.55. The molecule has 0 radical (unpaired) electrons. The number of quaternary nitrogens is 1. The topological polar surface area (TPSA) is 95.1 Å². The van der Waals surface area contributed by atoms with Crippen molar-refractivity contribution in [1.29, 1.82) is 0 Å². The summed E-state index contributed by atoms with van der Waals surface area (Å²) in [6, 6.07) is 7.55. The molecule has 1 aliphatic rings. The van der Waals surface area contributed by atoms with Crippen LogP contribution >= 0.6 is 11.6 Å². The molecule has 0 saturated carbocycles. The number of fused-ring (bicyclic) bond motifs is 1. The molecule has 1 aliphatic heterocycles. The minimum atomic E-state index is -0.524. The van der Waals surface area contributed by atoms with Crippen LogP contribution in [0, 0.1) is 10.1 Å².